The maximum absolute atomic E-state index is 9.11. The number of aromatic hydroxyl groups is 1. The van der Waals surface area contributed by atoms with Gasteiger partial charge in [-0.15, -0.1) is 11.8 Å². The molecule has 0 amide bonds. The standard InChI is InChI=1S/C8H11NOS/c1-9-7-5-6(10)3-4-8(7)11-2/h3-5,9-10H,1-2H3. The lowest BCUT2D eigenvalue weighted by atomic mass is 10.3. The van der Waals surface area contributed by atoms with Gasteiger partial charge in [0, 0.05) is 18.0 Å². The highest BCUT2D eigenvalue weighted by Gasteiger charge is 1.98. The minimum atomic E-state index is 0.298. The fourth-order valence-corrected chi connectivity index (χ4v) is 1.48. The van der Waals surface area contributed by atoms with Crippen molar-refractivity contribution in [2.45, 2.75) is 4.90 Å². The average Bonchev–Trinajstić information content (AvgIpc) is 2.04. The fourth-order valence-electron chi connectivity index (χ4n) is 0.891. The highest BCUT2D eigenvalue weighted by Crippen LogP contribution is 2.28. The molecule has 0 heterocycles. The second-order valence-corrected chi connectivity index (χ2v) is 2.98. The van der Waals surface area contributed by atoms with E-state index in [2.05, 4.69) is 5.32 Å². The number of hydrogen-bond acceptors (Lipinski definition) is 3. The van der Waals surface area contributed by atoms with Crippen LogP contribution in [0.3, 0.4) is 0 Å². The smallest absolute Gasteiger partial charge is 0.117 e. The zero-order chi connectivity index (χ0) is 8.27. The summed E-state index contributed by atoms with van der Waals surface area (Å²) in [6, 6.07) is 5.30. The average molecular weight is 169 g/mol. The molecule has 0 saturated heterocycles. The van der Waals surface area contributed by atoms with E-state index >= 15 is 0 Å². The minimum absolute atomic E-state index is 0.298. The van der Waals surface area contributed by atoms with Crippen LogP contribution < -0.4 is 5.32 Å². The summed E-state index contributed by atoms with van der Waals surface area (Å²) >= 11 is 1.66. The van der Waals surface area contributed by atoms with E-state index in [0.717, 1.165) is 10.6 Å². The van der Waals surface area contributed by atoms with Crippen molar-refractivity contribution >= 4 is 17.4 Å². The first-order chi connectivity index (χ1) is 5.27. The quantitative estimate of drug-likeness (QED) is 0.665. The topological polar surface area (TPSA) is 32.3 Å². The fraction of sp³-hybridized carbons (Fsp3) is 0.250. The number of hydrogen-bond donors (Lipinski definition) is 2. The third-order valence-electron chi connectivity index (χ3n) is 1.45. The largest absolute Gasteiger partial charge is 0.508 e. The van der Waals surface area contributed by atoms with Gasteiger partial charge in [-0.1, -0.05) is 0 Å². The normalized spacial score (nSPS) is 9.64. The van der Waals surface area contributed by atoms with E-state index in [9.17, 15) is 0 Å². The third kappa shape index (κ3) is 1.80. The van der Waals surface area contributed by atoms with Gasteiger partial charge < -0.3 is 10.4 Å². The summed E-state index contributed by atoms with van der Waals surface area (Å²) in [5.41, 5.74) is 0.970. The predicted octanol–water partition coefficient (Wildman–Crippen LogP) is 2.16. The molecule has 11 heavy (non-hydrogen) atoms. The number of benzene rings is 1. The van der Waals surface area contributed by atoms with Gasteiger partial charge in [0.05, 0.1) is 5.69 Å². The molecule has 0 aliphatic carbocycles. The van der Waals surface area contributed by atoms with Gasteiger partial charge in [0.2, 0.25) is 0 Å². The summed E-state index contributed by atoms with van der Waals surface area (Å²) in [5, 5.41) is 12.1. The van der Waals surface area contributed by atoms with Gasteiger partial charge >= 0.3 is 0 Å². The van der Waals surface area contributed by atoms with Crippen molar-refractivity contribution in [1.29, 1.82) is 0 Å². The minimum Gasteiger partial charge on any atom is -0.508 e. The molecule has 1 aromatic carbocycles. The summed E-state index contributed by atoms with van der Waals surface area (Å²) in [4.78, 5) is 1.14. The number of rotatable bonds is 2. The molecule has 2 nitrogen and oxygen atoms in total. The van der Waals surface area contributed by atoms with Crippen molar-refractivity contribution in [2.24, 2.45) is 0 Å². The van der Waals surface area contributed by atoms with E-state index in [1.807, 2.05) is 19.4 Å². The van der Waals surface area contributed by atoms with Crippen LogP contribution in [0.15, 0.2) is 23.1 Å². The first-order valence-electron chi connectivity index (χ1n) is 3.32. The van der Waals surface area contributed by atoms with Gasteiger partial charge in [0.1, 0.15) is 5.75 Å². The zero-order valence-electron chi connectivity index (χ0n) is 6.59. The third-order valence-corrected chi connectivity index (χ3v) is 2.25. The second-order valence-electron chi connectivity index (χ2n) is 2.13. The van der Waals surface area contributed by atoms with Crippen molar-refractivity contribution in [2.75, 3.05) is 18.6 Å². The molecular formula is C8H11NOS. The Bertz CT molecular complexity index is 250. The Labute approximate surface area is 70.6 Å². The lowest BCUT2D eigenvalue weighted by Crippen LogP contribution is -1.89. The van der Waals surface area contributed by atoms with Crippen molar-refractivity contribution < 1.29 is 5.11 Å². The Morgan fingerprint density at radius 2 is 2.18 bits per heavy atom. The molecule has 1 rings (SSSR count). The Hall–Kier alpha value is -0.830. The number of phenols is 1. The molecule has 0 bridgehead atoms. The molecule has 0 aliphatic heterocycles. The monoisotopic (exact) mass is 169 g/mol. The summed E-state index contributed by atoms with van der Waals surface area (Å²) in [6.45, 7) is 0. The van der Waals surface area contributed by atoms with Gasteiger partial charge in [0.15, 0.2) is 0 Å². The van der Waals surface area contributed by atoms with Crippen molar-refractivity contribution in [1.82, 2.24) is 0 Å². The highest BCUT2D eigenvalue weighted by atomic mass is 32.2. The summed E-state index contributed by atoms with van der Waals surface area (Å²) in [6.07, 6.45) is 2.01. The molecular weight excluding hydrogens is 158 g/mol. The van der Waals surface area contributed by atoms with Crippen LogP contribution in [-0.4, -0.2) is 18.4 Å². The Morgan fingerprint density at radius 3 is 2.73 bits per heavy atom. The van der Waals surface area contributed by atoms with Crippen LogP contribution in [0.2, 0.25) is 0 Å². The van der Waals surface area contributed by atoms with Crippen LogP contribution in [-0.2, 0) is 0 Å². The number of nitrogens with one attached hydrogen (secondary N) is 1. The summed E-state index contributed by atoms with van der Waals surface area (Å²) in [5.74, 6) is 0.298. The van der Waals surface area contributed by atoms with Crippen molar-refractivity contribution in [3.63, 3.8) is 0 Å². The van der Waals surface area contributed by atoms with E-state index in [1.165, 1.54) is 0 Å². The molecule has 2 N–H and O–H groups in total. The first-order valence-corrected chi connectivity index (χ1v) is 4.55. The van der Waals surface area contributed by atoms with Crippen LogP contribution in [0.25, 0.3) is 0 Å². The van der Waals surface area contributed by atoms with Crippen LogP contribution >= 0.6 is 11.8 Å². The van der Waals surface area contributed by atoms with Crippen molar-refractivity contribution in [3.05, 3.63) is 18.2 Å². The van der Waals surface area contributed by atoms with E-state index in [4.69, 9.17) is 5.11 Å². The Morgan fingerprint density at radius 1 is 1.45 bits per heavy atom. The molecule has 0 atom stereocenters. The van der Waals surface area contributed by atoms with E-state index < -0.39 is 0 Å². The molecule has 0 spiro atoms. The molecule has 0 radical (unpaired) electrons. The first kappa shape index (κ1) is 8.27. The van der Waals surface area contributed by atoms with Gasteiger partial charge in [-0.3, -0.25) is 0 Å². The van der Waals surface area contributed by atoms with Crippen molar-refractivity contribution in [3.8, 4) is 5.75 Å². The molecule has 60 valence electrons. The lowest BCUT2D eigenvalue weighted by Gasteiger charge is -2.05. The predicted molar refractivity (Wildman–Crippen MR) is 49.4 cm³/mol. The van der Waals surface area contributed by atoms with Crippen LogP contribution in [0, 0.1) is 0 Å². The Balaban J connectivity index is 3.06. The van der Waals surface area contributed by atoms with Gasteiger partial charge in [-0.2, -0.15) is 0 Å². The molecule has 3 heteroatoms. The molecule has 0 aliphatic rings. The second kappa shape index (κ2) is 3.53. The SMILES string of the molecule is CNc1cc(O)ccc1SC. The maximum atomic E-state index is 9.11. The van der Waals surface area contributed by atoms with E-state index in [1.54, 1.807) is 23.9 Å². The number of anilines is 1. The molecule has 0 aromatic heterocycles. The number of phenolic OH excluding ortho intramolecular Hbond substituents is 1. The molecule has 0 saturated carbocycles. The highest BCUT2D eigenvalue weighted by molar-refractivity contribution is 7.98. The van der Waals surface area contributed by atoms with Gasteiger partial charge in [0.25, 0.3) is 0 Å². The number of thioether (sulfide) groups is 1. The summed E-state index contributed by atoms with van der Waals surface area (Å²) in [7, 11) is 1.84. The maximum Gasteiger partial charge on any atom is 0.117 e. The lowest BCUT2D eigenvalue weighted by molar-refractivity contribution is 0.475. The van der Waals surface area contributed by atoms with Gasteiger partial charge in [-0.05, 0) is 18.4 Å². The van der Waals surface area contributed by atoms with Crippen LogP contribution in [0.1, 0.15) is 0 Å². The molecule has 0 fully saturated rings. The molecule has 1 aromatic rings. The Kier molecular flexibility index (Phi) is 2.65. The van der Waals surface area contributed by atoms with Crippen LogP contribution in [0.5, 0.6) is 5.75 Å². The van der Waals surface area contributed by atoms with Crippen LogP contribution in [0.4, 0.5) is 5.69 Å². The van der Waals surface area contributed by atoms with Gasteiger partial charge in [-0.25, -0.2) is 0 Å². The molecule has 0 unspecified atom stereocenters. The van der Waals surface area contributed by atoms with E-state index in [0.29, 0.717) is 5.75 Å². The zero-order valence-corrected chi connectivity index (χ0v) is 7.40. The van der Waals surface area contributed by atoms with E-state index in [-0.39, 0.29) is 0 Å². The summed E-state index contributed by atoms with van der Waals surface area (Å²) < 4.78 is 0.